The van der Waals surface area contributed by atoms with Crippen molar-refractivity contribution in [2.24, 2.45) is 5.73 Å². The van der Waals surface area contributed by atoms with Crippen molar-refractivity contribution in [2.75, 3.05) is 0 Å². The highest BCUT2D eigenvalue weighted by Gasteiger charge is 2.21. The molecule has 4 aromatic rings. The first-order valence-corrected chi connectivity index (χ1v) is 9.74. The number of fused-ring (bicyclic) bond motifs is 2. The summed E-state index contributed by atoms with van der Waals surface area (Å²) in [6.07, 6.45) is 0.326. The van der Waals surface area contributed by atoms with Gasteiger partial charge in [-0.2, -0.15) is 0 Å². The molecule has 0 unspecified atom stereocenters. The van der Waals surface area contributed by atoms with Gasteiger partial charge in [0.15, 0.2) is 0 Å². The topological polar surface area (TPSA) is 72.2 Å². The number of benzene rings is 4. The summed E-state index contributed by atoms with van der Waals surface area (Å²) < 4.78 is 13.1. The van der Waals surface area contributed by atoms with E-state index in [1.807, 2.05) is 48.5 Å². The van der Waals surface area contributed by atoms with Gasteiger partial charge in [-0.15, -0.1) is 0 Å². The van der Waals surface area contributed by atoms with E-state index in [9.17, 15) is 14.0 Å². The zero-order valence-corrected chi connectivity index (χ0v) is 16.3. The summed E-state index contributed by atoms with van der Waals surface area (Å²) in [5.74, 6) is -1.30. The zero-order valence-electron chi connectivity index (χ0n) is 16.3. The number of nitrogens with two attached hydrogens (primary N) is 1. The Morgan fingerprint density at radius 3 is 2.00 bits per heavy atom. The lowest BCUT2D eigenvalue weighted by molar-refractivity contribution is -0.126. The molecule has 0 aliphatic carbocycles. The molecule has 0 radical (unpaired) electrons. The summed E-state index contributed by atoms with van der Waals surface area (Å²) in [5.41, 5.74) is 7.26. The normalized spacial score (nSPS) is 12.0. The second-order valence-electron chi connectivity index (χ2n) is 7.33. The van der Waals surface area contributed by atoms with Crippen molar-refractivity contribution in [3.05, 3.63) is 95.8 Å². The van der Waals surface area contributed by atoms with Gasteiger partial charge in [0.2, 0.25) is 11.8 Å². The minimum absolute atomic E-state index is 0.0420. The Morgan fingerprint density at radius 2 is 1.43 bits per heavy atom. The molecular weight excluding hydrogens is 379 g/mol. The van der Waals surface area contributed by atoms with Crippen molar-refractivity contribution in [1.29, 1.82) is 0 Å². The van der Waals surface area contributed by atoms with Gasteiger partial charge in [0.1, 0.15) is 11.9 Å². The maximum Gasteiger partial charge on any atom is 0.240 e. The maximum atomic E-state index is 13.1. The molecule has 30 heavy (non-hydrogen) atoms. The van der Waals surface area contributed by atoms with Crippen LogP contribution in [0, 0.1) is 5.82 Å². The van der Waals surface area contributed by atoms with Gasteiger partial charge in [-0.05, 0) is 50.9 Å². The average molecular weight is 400 g/mol. The van der Waals surface area contributed by atoms with E-state index >= 15 is 0 Å². The van der Waals surface area contributed by atoms with E-state index < -0.39 is 11.9 Å². The van der Waals surface area contributed by atoms with Gasteiger partial charge in [0.25, 0.3) is 0 Å². The Kier molecular flexibility index (Phi) is 5.44. The maximum absolute atomic E-state index is 13.1. The first kappa shape index (κ1) is 19.6. The van der Waals surface area contributed by atoms with Crippen molar-refractivity contribution in [3.8, 4) is 0 Å². The van der Waals surface area contributed by atoms with Crippen molar-refractivity contribution in [3.63, 3.8) is 0 Å². The molecule has 0 aromatic heterocycles. The minimum atomic E-state index is -0.854. The molecule has 0 spiro atoms. The molecule has 150 valence electrons. The van der Waals surface area contributed by atoms with E-state index in [-0.39, 0.29) is 24.6 Å². The third-order valence-electron chi connectivity index (χ3n) is 5.25. The van der Waals surface area contributed by atoms with Gasteiger partial charge in [-0.1, -0.05) is 60.7 Å². The molecule has 4 nitrogen and oxygen atoms in total. The largest absolute Gasteiger partial charge is 0.368 e. The number of nitrogens with one attached hydrogen (secondary N) is 1. The molecule has 0 aliphatic heterocycles. The van der Waals surface area contributed by atoms with Crippen molar-refractivity contribution in [1.82, 2.24) is 5.32 Å². The summed E-state index contributed by atoms with van der Waals surface area (Å²) in [5, 5.41) is 6.92. The SMILES string of the molecule is NC(=O)[C@H](Cc1c2ccccc2cc2ccccc12)NC(=O)Cc1ccc(F)cc1. The van der Waals surface area contributed by atoms with E-state index in [4.69, 9.17) is 5.73 Å². The molecule has 0 saturated heterocycles. The van der Waals surface area contributed by atoms with Gasteiger partial charge in [0, 0.05) is 6.42 Å². The molecule has 4 rings (SSSR count). The van der Waals surface area contributed by atoms with E-state index in [2.05, 4.69) is 11.4 Å². The van der Waals surface area contributed by atoms with Crippen molar-refractivity contribution < 1.29 is 14.0 Å². The highest BCUT2D eigenvalue weighted by atomic mass is 19.1. The third-order valence-corrected chi connectivity index (χ3v) is 5.25. The smallest absolute Gasteiger partial charge is 0.240 e. The van der Waals surface area contributed by atoms with Crippen LogP contribution in [0.2, 0.25) is 0 Å². The number of hydrogen-bond acceptors (Lipinski definition) is 2. The van der Waals surface area contributed by atoms with Crippen molar-refractivity contribution in [2.45, 2.75) is 18.9 Å². The van der Waals surface area contributed by atoms with E-state index in [1.54, 1.807) is 12.1 Å². The molecule has 0 heterocycles. The van der Waals surface area contributed by atoms with Gasteiger partial charge in [-0.25, -0.2) is 4.39 Å². The van der Waals surface area contributed by atoms with Gasteiger partial charge in [0.05, 0.1) is 6.42 Å². The Hall–Kier alpha value is -3.73. The third kappa shape index (κ3) is 4.15. The number of carbonyl (C=O) groups is 2. The number of halogens is 1. The lowest BCUT2D eigenvalue weighted by Crippen LogP contribution is -2.46. The van der Waals surface area contributed by atoms with Gasteiger partial charge >= 0.3 is 0 Å². The lowest BCUT2D eigenvalue weighted by Gasteiger charge is -2.19. The Balaban J connectivity index is 1.64. The van der Waals surface area contributed by atoms with Crippen molar-refractivity contribution >= 4 is 33.4 Å². The number of amides is 2. The van der Waals surface area contributed by atoms with Crippen LogP contribution in [0.1, 0.15) is 11.1 Å². The van der Waals surface area contributed by atoms with Crippen LogP contribution in [0.15, 0.2) is 78.9 Å². The summed E-state index contributed by atoms with van der Waals surface area (Å²) in [4.78, 5) is 24.7. The fraction of sp³-hybridized carbons (Fsp3) is 0.120. The Bertz CT molecular complexity index is 1180. The quantitative estimate of drug-likeness (QED) is 0.482. The molecule has 0 fully saturated rings. The summed E-state index contributed by atoms with van der Waals surface area (Å²) in [6, 6.07) is 22.9. The summed E-state index contributed by atoms with van der Waals surface area (Å²) >= 11 is 0. The Labute approximate surface area is 173 Å². The number of rotatable bonds is 6. The fourth-order valence-electron chi connectivity index (χ4n) is 3.79. The average Bonchev–Trinajstić information content (AvgIpc) is 2.74. The van der Waals surface area contributed by atoms with Crippen LogP contribution in [0.4, 0.5) is 4.39 Å². The standard InChI is InChI=1S/C25H21FN2O2/c26-19-11-9-16(10-12-19)13-24(29)28-23(25(27)30)15-22-20-7-3-1-5-17(20)14-18-6-2-4-8-21(18)22/h1-12,14,23H,13,15H2,(H2,27,30)(H,28,29)/t23-/m0/s1. The van der Waals surface area contributed by atoms with Gasteiger partial charge in [-0.3, -0.25) is 9.59 Å². The molecule has 2 amide bonds. The van der Waals surface area contributed by atoms with Crippen LogP contribution in [0.5, 0.6) is 0 Å². The molecule has 0 aliphatic rings. The number of carbonyl (C=O) groups excluding carboxylic acids is 2. The fourth-order valence-corrected chi connectivity index (χ4v) is 3.79. The van der Waals surface area contributed by atoms with E-state index in [0.717, 1.165) is 27.1 Å². The van der Waals surface area contributed by atoms with E-state index in [1.165, 1.54) is 12.1 Å². The van der Waals surface area contributed by atoms with Crippen LogP contribution in [-0.2, 0) is 22.4 Å². The number of primary amides is 1. The van der Waals surface area contributed by atoms with Crippen LogP contribution in [0.3, 0.4) is 0 Å². The second kappa shape index (κ2) is 8.33. The Morgan fingerprint density at radius 1 is 0.867 bits per heavy atom. The van der Waals surface area contributed by atoms with Crippen LogP contribution < -0.4 is 11.1 Å². The molecular formula is C25H21FN2O2. The molecule has 3 N–H and O–H groups in total. The highest BCUT2D eigenvalue weighted by molar-refractivity contribution is 6.03. The molecule has 5 heteroatoms. The second-order valence-corrected chi connectivity index (χ2v) is 7.33. The van der Waals surface area contributed by atoms with Crippen LogP contribution >= 0.6 is 0 Å². The molecule has 1 atom stereocenters. The minimum Gasteiger partial charge on any atom is -0.368 e. The lowest BCUT2D eigenvalue weighted by atomic mass is 9.92. The molecule has 0 saturated carbocycles. The summed E-state index contributed by atoms with van der Waals surface area (Å²) in [7, 11) is 0. The number of hydrogen-bond donors (Lipinski definition) is 2. The predicted molar refractivity (Wildman–Crippen MR) is 116 cm³/mol. The zero-order chi connectivity index (χ0) is 21.1. The van der Waals surface area contributed by atoms with Crippen LogP contribution in [-0.4, -0.2) is 17.9 Å². The molecule has 0 bridgehead atoms. The summed E-state index contributed by atoms with van der Waals surface area (Å²) in [6.45, 7) is 0. The van der Waals surface area contributed by atoms with Crippen LogP contribution in [0.25, 0.3) is 21.5 Å². The van der Waals surface area contributed by atoms with E-state index in [0.29, 0.717) is 5.56 Å². The monoisotopic (exact) mass is 400 g/mol. The first-order valence-electron chi connectivity index (χ1n) is 9.74. The highest BCUT2D eigenvalue weighted by Crippen LogP contribution is 2.29. The van der Waals surface area contributed by atoms with Gasteiger partial charge < -0.3 is 11.1 Å². The first-order chi connectivity index (χ1) is 14.5. The predicted octanol–water partition coefficient (Wildman–Crippen LogP) is 3.89. The molecule has 4 aromatic carbocycles.